The molecule has 0 aromatic rings. The molecule has 0 rings (SSSR count). The Balaban J connectivity index is -0.0000000400. The third kappa shape index (κ3) is 222000000000000014434895885080985600. The summed E-state index contributed by atoms with van der Waals surface area (Å²) in [7, 11) is 0. The quantitative estimate of drug-likeness (QED) is 0.420. The van der Waals surface area contributed by atoms with Gasteiger partial charge in [-0.25, -0.2) is 0 Å². The molecular formula is C2H8O3S2+2. The van der Waals surface area contributed by atoms with Gasteiger partial charge in [0.25, 0.3) is 0 Å². The molecule has 0 aliphatic rings. The molecule has 0 bridgehead atoms. The second-order valence-electron chi connectivity index (χ2n) is 0.333. The molecule has 0 aromatic carbocycles. The minimum absolute atomic E-state index is 0. The van der Waals surface area contributed by atoms with Crippen molar-refractivity contribution in [2.45, 2.75) is 0 Å². The van der Waals surface area contributed by atoms with Crippen molar-refractivity contribution in [3.63, 3.8) is 0 Å². The predicted molar refractivity (Wildman–Crippen MR) is 31.6 cm³/mol. The summed E-state index contributed by atoms with van der Waals surface area (Å²) in [5, 5.41) is 0. The molecule has 0 aliphatic carbocycles. The van der Waals surface area contributed by atoms with Crippen LogP contribution in [0.3, 0.4) is 0 Å². The van der Waals surface area contributed by atoms with E-state index in [1.165, 1.54) is 12.5 Å². The Morgan fingerprint density at radius 1 is 1.00 bits per heavy atom. The van der Waals surface area contributed by atoms with Gasteiger partial charge < -0.3 is 5.48 Å². The van der Waals surface area contributed by atoms with E-state index in [-0.39, 0.29) is 5.48 Å². The monoisotopic (exact) mass is 144 g/mol. The van der Waals surface area contributed by atoms with E-state index < -0.39 is 0 Å². The third-order valence-corrected chi connectivity index (χ3v) is 0. The lowest BCUT2D eigenvalue weighted by atomic mass is 12.0. The highest BCUT2D eigenvalue weighted by Gasteiger charge is 1.55. The highest BCUT2D eigenvalue weighted by Crippen LogP contribution is 1.14. The van der Waals surface area contributed by atoms with Crippen molar-refractivity contribution in [3.8, 4) is 0 Å². The SMILES string of the molecule is C[S+]=O.C[S+]=O.O. The molecule has 0 heterocycles. The fraction of sp³-hybridized carbons (Fsp3) is 1.00. The largest absolute Gasteiger partial charge is 0.455 e. The Bertz CT molecular complexity index is 31.9. The van der Waals surface area contributed by atoms with Gasteiger partial charge in [-0.3, -0.25) is 0 Å². The maximum Gasteiger partial charge on any atom is 0.455 e. The van der Waals surface area contributed by atoms with Crippen LogP contribution in [0.25, 0.3) is 0 Å². The van der Waals surface area contributed by atoms with Crippen LogP contribution in [0.1, 0.15) is 0 Å². The van der Waals surface area contributed by atoms with Gasteiger partial charge in [0.1, 0.15) is 0 Å². The first-order chi connectivity index (χ1) is 2.83. The highest BCUT2D eigenvalue weighted by atomic mass is 32.1. The molecule has 0 unspecified atom stereocenters. The van der Waals surface area contributed by atoms with Crippen molar-refractivity contribution in [2.24, 2.45) is 0 Å². The zero-order chi connectivity index (χ0) is 5.41. The predicted octanol–water partition coefficient (Wildman–Crippen LogP) is -0.736. The first-order valence-electron chi connectivity index (χ1n) is 1.15. The lowest BCUT2D eigenvalue weighted by Crippen LogP contribution is -1.32. The van der Waals surface area contributed by atoms with Crippen molar-refractivity contribution in [2.75, 3.05) is 12.5 Å². The number of hydrogen-bond acceptors (Lipinski definition) is 2. The second kappa shape index (κ2) is 37.5. The lowest BCUT2D eigenvalue weighted by Gasteiger charge is -0.931. The van der Waals surface area contributed by atoms with Crippen LogP contribution in [0, 0.1) is 0 Å². The molecule has 0 saturated heterocycles. The zero-order valence-corrected chi connectivity index (χ0v) is 5.77. The summed E-state index contributed by atoms with van der Waals surface area (Å²) in [6, 6.07) is 0. The molecule has 0 spiro atoms. The Morgan fingerprint density at radius 2 is 1.00 bits per heavy atom. The Kier molecular flexibility index (Phi) is 84.4. The topological polar surface area (TPSA) is 65.6 Å². The first kappa shape index (κ1) is 15.8. The van der Waals surface area contributed by atoms with Crippen LogP contribution in [0.2, 0.25) is 0 Å². The number of hydrogen-bond donors (Lipinski definition) is 0. The molecule has 0 amide bonds. The van der Waals surface area contributed by atoms with Gasteiger partial charge in [0.05, 0.1) is 0 Å². The van der Waals surface area contributed by atoms with E-state index in [2.05, 4.69) is 0 Å². The summed E-state index contributed by atoms with van der Waals surface area (Å²) in [6.07, 6.45) is 2.97. The smallest absolute Gasteiger partial charge is 0.412 e. The molecule has 0 radical (unpaired) electrons. The van der Waals surface area contributed by atoms with Crippen LogP contribution >= 0.6 is 0 Å². The molecule has 0 fully saturated rings. The second-order valence-corrected chi connectivity index (χ2v) is 1.00. The fourth-order valence-corrected chi connectivity index (χ4v) is 0. The van der Waals surface area contributed by atoms with Gasteiger partial charge in [0, 0.05) is 8.42 Å². The molecule has 5 heteroatoms. The molecule has 0 atom stereocenters. The molecule has 7 heavy (non-hydrogen) atoms. The van der Waals surface area contributed by atoms with Gasteiger partial charge >= 0.3 is 23.3 Å². The fourth-order valence-electron chi connectivity index (χ4n) is 0. The van der Waals surface area contributed by atoms with Crippen LogP contribution in [0.5, 0.6) is 0 Å². The van der Waals surface area contributed by atoms with Crippen LogP contribution in [-0.2, 0) is 31.8 Å². The van der Waals surface area contributed by atoms with Crippen LogP contribution in [0.4, 0.5) is 0 Å². The normalized spacial score (nSPS) is 3.71. The lowest BCUT2D eigenvalue weighted by molar-refractivity contribution is 0.606. The molecule has 0 aliphatic heterocycles. The van der Waals surface area contributed by atoms with Crippen molar-refractivity contribution in [1.82, 2.24) is 0 Å². The zero-order valence-electron chi connectivity index (χ0n) is 4.13. The van der Waals surface area contributed by atoms with E-state index in [0.29, 0.717) is 23.3 Å². The van der Waals surface area contributed by atoms with Gasteiger partial charge in [0.15, 0.2) is 0 Å². The average molecular weight is 144 g/mol. The summed E-state index contributed by atoms with van der Waals surface area (Å²) in [4.78, 5) is 0. The van der Waals surface area contributed by atoms with Crippen molar-refractivity contribution in [3.05, 3.63) is 0 Å². The van der Waals surface area contributed by atoms with Gasteiger partial charge in [0.2, 0.25) is 12.5 Å². The summed E-state index contributed by atoms with van der Waals surface area (Å²) < 4.78 is 17.7. The van der Waals surface area contributed by atoms with Gasteiger partial charge in [-0.1, -0.05) is 0 Å². The Hall–Kier alpha value is -0.0000000000000000208. The van der Waals surface area contributed by atoms with Crippen LogP contribution in [-0.4, -0.2) is 18.0 Å². The molecule has 0 saturated carbocycles. The van der Waals surface area contributed by atoms with E-state index in [4.69, 9.17) is 8.42 Å². The van der Waals surface area contributed by atoms with Crippen molar-refractivity contribution in [1.29, 1.82) is 0 Å². The van der Waals surface area contributed by atoms with E-state index in [9.17, 15) is 0 Å². The number of rotatable bonds is 0. The summed E-state index contributed by atoms with van der Waals surface area (Å²) in [6.45, 7) is 0. The average Bonchev–Trinajstić information content (AvgIpc) is 1.39. The van der Waals surface area contributed by atoms with Gasteiger partial charge in [-0.15, -0.1) is 0 Å². The first-order valence-corrected chi connectivity index (χ1v) is 3.45. The molecule has 3 nitrogen and oxygen atoms in total. The van der Waals surface area contributed by atoms with E-state index in [1.54, 1.807) is 0 Å². The van der Waals surface area contributed by atoms with Crippen LogP contribution < -0.4 is 0 Å². The summed E-state index contributed by atoms with van der Waals surface area (Å²) in [5.74, 6) is 0. The van der Waals surface area contributed by atoms with E-state index in [0.717, 1.165) is 0 Å². The standard InChI is InChI=1S/2CH3OS.H2O/c2*1-3-2;/h2*1H3;1H2/q2*+1;. The molecule has 2 N–H and O–H groups in total. The third-order valence-electron chi connectivity index (χ3n) is 0. The van der Waals surface area contributed by atoms with Crippen LogP contribution in [0.15, 0.2) is 0 Å². The van der Waals surface area contributed by atoms with Gasteiger partial charge in [-0.2, -0.15) is 0 Å². The highest BCUT2D eigenvalue weighted by molar-refractivity contribution is 7.64. The Morgan fingerprint density at radius 3 is 1.00 bits per heavy atom. The minimum atomic E-state index is 0. The van der Waals surface area contributed by atoms with E-state index >= 15 is 0 Å². The maximum absolute atomic E-state index is 8.85. The molecular weight excluding hydrogens is 136 g/mol. The molecule has 0 aromatic heterocycles. The molecule has 44 valence electrons. The van der Waals surface area contributed by atoms with Gasteiger partial charge in [-0.05, 0) is 0 Å². The Labute approximate surface area is 50.4 Å². The van der Waals surface area contributed by atoms with Crippen molar-refractivity contribution < 1.29 is 13.9 Å². The summed E-state index contributed by atoms with van der Waals surface area (Å²) in [5.41, 5.74) is 0. The minimum Gasteiger partial charge on any atom is -0.412 e. The van der Waals surface area contributed by atoms with Crippen molar-refractivity contribution >= 4 is 23.3 Å². The summed E-state index contributed by atoms with van der Waals surface area (Å²) >= 11 is 1.000. The van der Waals surface area contributed by atoms with E-state index in [1.807, 2.05) is 0 Å². The maximum atomic E-state index is 8.85.